The van der Waals surface area contributed by atoms with E-state index in [9.17, 15) is 8.78 Å². The van der Waals surface area contributed by atoms with Crippen molar-refractivity contribution in [1.29, 1.82) is 0 Å². The topological polar surface area (TPSA) is 9.23 Å². The van der Waals surface area contributed by atoms with Gasteiger partial charge in [-0.3, -0.25) is 0 Å². The van der Waals surface area contributed by atoms with Crippen LogP contribution < -0.4 is 4.74 Å². The first-order valence-corrected chi connectivity index (χ1v) is 15.1. The van der Waals surface area contributed by atoms with Gasteiger partial charge in [-0.25, -0.2) is 8.78 Å². The van der Waals surface area contributed by atoms with Crippen LogP contribution in [-0.2, 0) is 0 Å². The van der Waals surface area contributed by atoms with Gasteiger partial charge in [0, 0.05) is 5.56 Å². The van der Waals surface area contributed by atoms with E-state index in [-0.39, 0.29) is 29.6 Å². The Balaban J connectivity index is 1.20. The molecule has 2 aliphatic carbocycles. The Morgan fingerprint density at radius 1 is 0.750 bits per heavy atom. The lowest BCUT2D eigenvalue weighted by Gasteiger charge is -2.38. The molecule has 3 aromatic rings. The molecule has 0 saturated heterocycles. The Hall–Kier alpha value is -2.95. The van der Waals surface area contributed by atoms with E-state index in [0.29, 0.717) is 5.56 Å². The highest BCUT2D eigenvalue weighted by molar-refractivity contribution is 6.08. The van der Waals surface area contributed by atoms with Crippen molar-refractivity contribution in [2.75, 3.05) is 6.51 Å². The normalized spacial score (nSPS) is 23.1. The average molecular weight is 545 g/mol. The average Bonchev–Trinajstić information content (AvgIpc) is 2.99. The van der Waals surface area contributed by atoms with E-state index in [1.54, 1.807) is 26.0 Å². The van der Waals surface area contributed by atoms with E-state index < -0.39 is 11.6 Å². The molecule has 0 radical (unpaired) electrons. The molecule has 0 heterocycles. The summed E-state index contributed by atoms with van der Waals surface area (Å²) in [6, 6.07) is 15.7. The maximum atomic E-state index is 15.3. The third-order valence-corrected chi connectivity index (χ3v) is 9.43. The highest BCUT2D eigenvalue weighted by Crippen LogP contribution is 2.45. The monoisotopic (exact) mass is 544 g/mol. The van der Waals surface area contributed by atoms with Crippen LogP contribution in [0.4, 0.5) is 13.2 Å². The van der Waals surface area contributed by atoms with Gasteiger partial charge in [0.1, 0.15) is 5.82 Å². The number of hydrogen-bond acceptors (Lipinski definition) is 1. The Kier molecular flexibility index (Phi) is 9.39. The Morgan fingerprint density at radius 2 is 1.38 bits per heavy atom. The van der Waals surface area contributed by atoms with Gasteiger partial charge >= 0.3 is 0 Å². The maximum Gasteiger partial charge on any atom is 0.201 e. The van der Waals surface area contributed by atoms with Gasteiger partial charge in [0.2, 0.25) is 5.82 Å². The summed E-state index contributed by atoms with van der Waals surface area (Å²) < 4.78 is 49.5. The van der Waals surface area contributed by atoms with Crippen LogP contribution in [0.3, 0.4) is 0 Å². The van der Waals surface area contributed by atoms with Gasteiger partial charge in [-0.15, -0.1) is 6.58 Å². The maximum absolute atomic E-state index is 15.3. The largest absolute Gasteiger partial charge is 0.500 e. The van der Waals surface area contributed by atoms with Crippen molar-refractivity contribution in [1.82, 2.24) is 0 Å². The molecule has 210 valence electrons. The summed E-state index contributed by atoms with van der Waals surface area (Å²) in [5.41, 5.74) is 3.19. The zero-order chi connectivity index (χ0) is 28.1. The van der Waals surface area contributed by atoms with Crippen molar-refractivity contribution in [3.63, 3.8) is 0 Å². The fourth-order valence-corrected chi connectivity index (χ4v) is 7.11. The fourth-order valence-electron chi connectivity index (χ4n) is 7.11. The van der Waals surface area contributed by atoms with Crippen LogP contribution in [0.5, 0.6) is 5.75 Å². The summed E-state index contributed by atoms with van der Waals surface area (Å²) in [6.45, 7) is 4.13. The number of allylic oxidation sites excluding steroid dienone is 1. The molecule has 0 unspecified atom stereocenters. The van der Waals surface area contributed by atoms with Crippen molar-refractivity contribution in [3.05, 3.63) is 90.3 Å². The second kappa shape index (κ2) is 13.1. The third kappa shape index (κ3) is 6.34. The Labute approximate surface area is 238 Å². The van der Waals surface area contributed by atoms with Crippen LogP contribution in [0.25, 0.3) is 22.3 Å². The molecule has 1 nitrogen and oxygen atoms in total. The highest BCUT2D eigenvalue weighted by Gasteiger charge is 2.32. The van der Waals surface area contributed by atoms with Crippen LogP contribution in [0.15, 0.2) is 67.3 Å². The Morgan fingerprint density at radius 3 is 2.00 bits per heavy atom. The standard InChI is InChI=1S/C35H40BF3O/c1-2-3-4-23-5-7-24(8-6-23)25-9-13-27(14-10-25)30-18-17-29(21-32(30)37)26-11-15-28(16-12-26)31-19-20-33(40-22-36)35(39)34(31)38/h2,11-12,15-21,23-25,27H,1,3-10,13-14,22,36H2. The van der Waals surface area contributed by atoms with Crippen LogP contribution in [0, 0.1) is 35.2 Å². The van der Waals surface area contributed by atoms with Crippen LogP contribution >= 0.6 is 0 Å². The first-order chi connectivity index (χ1) is 19.5. The number of benzene rings is 3. The second-order valence-electron chi connectivity index (χ2n) is 11.7. The molecule has 2 fully saturated rings. The predicted octanol–water partition coefficient (Wildman–Crippen LogP) is 9.45. The van der Waals surface area contributed by atoms with Gasteiger partial charge in [0.15, 0.2) is 19.4 Å². The number of ether oxygens (including phenoxy) is 1. The Bertz CT molecular complexity index is 1290. The van der Waals surface area contributed by atoms with Gasteiger partial charge < -0.3 is 4.74 Å². The van der Waals surface area contributed by atoms with E-state index in [4.69, 9.17) is 4.74 Å². The highest BCUT2D eigenvalue weighted by atomic mass is 19.2. The van der Waals surface area contributed by atoms with Crippen LogP contribution in [0.2, 0.25) is 0 Å². The summed E-state index contributed by atoms with van der Waals surface area (Å²) >= 11 is 0. The SMILES string of the molecule is BCOc1ccc(-c2ccc(-c3ccc(C4CCC(C5CCC(CCC=C)CC5)CC4)c(F)c3)cc2)c(F)c1F. The number of rotatable bonds is 9. The van der Waals surface area contributed by atoms with Crippen molar-refractivity contribution in [3.8, 4) is 28.0 Å². The quantitative estimate of drug-likeness (QED) is 0.193. The molecule has 3 aromatic carbocycles. The minimum atomic E-state index is -0.984. The van der Waals surface area contributed by atoms with Crippen molar-refractivity contribution < 1.29 is 17.9 Å². The summed E-state index contributed by atoms with van der Waals surface area (Å²) in [7, 11) is 1.72. The number of hydrogen-bond donors (Lipinski definition) is 0. The predicted molar refractivity (Wildman–Crippen MR) is 161 cm³/mol. The molecule has 0 spiro atoms. The van der Waals surface area contributed by atoms with Crippen LogP contribution in [0.1, 0.15) is 75.7 Å². The zero-order valence-corrected chi connectivity index (χ0v) is 23.6. The first kappa shape index (κ1) is 28.6. The van der Waals surface area contributed by atoms with E-state index in [2.05, 4.69) is 6.58 Å². The molecule has 40 heavy (non-hydrogen) atoms. The van der Waals surface area contributed by atoms with E-state index in [0.717, 1.165) is 53.7 Å². The van der Waals surface area contributed by atoms with Gasteiger partial charge in [0.05, 0.1) is 6.51 Å². The summed E-state index contributed by atoms with van der Waals surface area (Å²) in [5.74, 6) is 0.662. The molecule has 0 atom stereocenters. The molecule has 0 aromatic heterocycles. The zero-order valence-electron chi connectivity index (χ0n) is 23.6. The smallest absolute Gasteiger partial charge is 0.201 e. The minimum absolute atomic E-state index is 0.0912. The first-order valence-electron chi connectivity index (χ1n) is 15.1. The van der Waals surface area contributed by atoms with Gasteiger partial charge in [0.25, 0.3) is 0 Å². The molecular weight excluding hydrogens is 504 g/mol. The molecule has 2 aliphatic rings. The minimum Gasteiger partial charge on any atom is -0.500 e. The van der Waals surface area contributed by atoms with Gasteiger partial charge in [-0.05, 0) is 115 Å². The molecule has 5 heteroatoms. The van der Waals surface area contributed by atoms with E-state index in [1.165, 1.54) is 57.1 Å². The lowest BCUT2D eigenvalue weighted by molar-refractivity contribution is 0.156. The molecule has 0 amide bonds. The van der Waals surface area contributed by atoms with Crippen molar-refractivity contribution in [2.45, 2.75) is 70.1 Å². The molecule has 2 saturated carbocycles. The molecule has 0 N–H and O–H groups in total. The van der Waals surface area contributed by atoms with Crippen LogP contribution in [-0.4, -0.2) is 14.4 Å². The second-order valence-corrected chi connectivity index (χ2v) is 11.7. The van der Waals surface area contributed by atoms with Crippen molar-refractivity contribution in [2.24, 2.45) is 17.8 Å². The lowest BCUT2D eigenvalue weighted by atomic mass is 9.68. The van der Waals surface area contributed by atoms with Gasteiger partial charge in [-0.1, -0.05) is 55.3 Å². The van der Waals surface area contributed by atoms with E-state index >= 15 is 4.39 Å². The molecular formula is C35H40BF3O. The van der Waals surface area contributed by atoms with E-state index in [1.807, 2.05) is 30.3 Å². The molecule has 0 bridgehead atoms. The lowest BCUT2D eigenvalue weighted by Crippen LogP contribution is -2.25. The third-order valence-electron chi connectivity index (χ3n) is 9.43. The summed E-state index contributed by atoms with van der Waals surface area (Å²) in [6.07, 6.45) is 14.5. The molecule has 5 rings (SSSR count). The molecule has 0 aliphatic heterocycles. The summed E-state index contributed by atoms with van der Waals surface area (Å²) in [4.78, 5) is 0. The fraction of sp³-hybridized carbons (Fsp3) is 0.429. The summed E-state index contributed by atoms with van der Waals surface area (Å²) in [5, 5.41) is 0. The number of halogens is 3. The van der Waals surface area contributed by atoms with Gasteiger partial charge in [-0.2, -0.15) is 4.39 Å². The van der Waals surface area contributed by atoms with Crippen molar-refractivity contribution >= 4 is 7.85 Å².